The highest BCUT2D eigenvalue weighted by Crippen LogP contribution is 2.19. The number of nitrogens with one attached hydrogen (secondary N) is 1. The number of hydrogen-bond acceptors (Lipinski definition) is 4. The van der Waals surface area contributed by atoms with E-state index in [1.807, 2.05) is 43.7 Å². The van der Waals surface area contributed by atoms with Crippen LogP contribution in [0.4, 0.5) is 5.95 Å². The van der Waals surface area contributed by atoms with Crippen molar-refractivity contribution in [2.75, 3.05) is 5.32 Å². The second kappa shape index (κ2) is 4.42. The highest BCUT2D eigenvalue weighted by Gasteiger charge is 2.11. The molecule has 0 aliphatic rings. The molecule has 2 aromatic heterocycles. The van der Waals surface area contributed by atoms with Crippen molar-refractivity contribution in [3.63, 3.8) is 0 Å². The summed E-state index contributed by atoms with van der Waals surface area (Å²) in [7, 11) is 2.00. The number of imidazole rings is 1. The molecule has 0 spiro atoms. The van der Waals surface area contributed by atoms with Gasteiger partial charge in [-0.3, -0.25) is 0 Å². The molecule has 0 fully saturated rings. The molecule has 0 aliphatic carbocycles. The molecule has 0 amide bonds. The van der Waals surface area contributed by atoms with Gasteiger partial charge in [0.25, 0.3) is 0 Å². The Hall–Kier alpha value is -2.30. The first-order valence-corrected chi connectivity index (χ1v) is 6.24. The summed E-state index contributed by atoms with van der Waals surface area (Å²) in [4.78, 5) is 4.57. The SMILES string of the molecule is Cc1noc(C)c1CNc1nc2ccccc2n1C. The Balaban J connectivity index is 1.88. The molecule has 1 N–H and O–H groups in total. The van der Waals surface area contributed by atoms with E-state index in [4.69, 9.17) is 4.52 Å². The quantitative estimate of drug-likeness (QED) is 0.783. The Morgan fingerprint density at radius 3 is 2.74 bits per heavy atom. The van der Waals surface area contributed by atoms with Gasteiger partial charge in [0.15, 0.2) is 0 Å². The van der Waals surface area contributed by atoms with Crippen LogP contribution in [0.3, 0.4) is 0 Å². The lowest BCUT2D eigenvalue weighted by Crippen LogP contribution is -2.06. The van der Waals surface area contributed by atoms with Crippen molar-refractivity contribution in [1.29, 1.82) is 0 Å². The number of aromatic nitrogens is 3. The molecule has 19 heavy (non-hydrogen) atoms. The zero-order valence-corrected chi connectivity index (χ0v) is 11.3. The van der Waals surface area contributed by atoms with Gasteiger partial charge >= 0.3 is 0 Å². The summed E-state index contributed by atoms with van der Waals surface area (Å²) in [6, 6.07) is 8.08. The molecule has 0 saturated carbocycles. The summed E-state index contributed by atoms with van der Waals surface area (Å²) in [6.07, 6.45) is 0. The number of anilines is 1. The Bertz CT molecular complexity index is 707. The van der Waals surface area contributed by atoms with Crippen LogP contribution in [0.25, 0.3) is 11.0 Å². The minimum absolute atomic E-state index is 0.665. The molecule has 2 heterocycles. The maximum atomic E-state index is 5.16. The van der Waals surface area contributed by atoms with Gasteiger partial charge in [-0.15, -0.1) is 0 Å². The first kappa shape index (κ1) is 11.8. The Morgan fingerprint density at radius 2 is 2.05 bits per heavy atom. The number of rotatable bonds is 3. The van der Waals surface area contributed by atoms with Crippen LogP contribution in [-0.4, -0.2) is 14.7 Å². The van der Waals surface area contributed by atoms with Crippen molar-refractivity contribution >= 4 is 17.0 Å². The van der Waals surface area contributed by atoms with E-state index in [0.29, 0.717) is 6.54 Å². The molecule has 0 bridgehead atoms. The number of benzene rings is 1. The van der Waals surface area contributed by atoms with Gasteiger partial charge in [0.2, 0.25) is 5.95 Å². The zero-order chi connectivity index (χ0) is 13.4. The van der Waals surface area contributed by atoms with E-state index in [-0.39, 0.29) is 0 Å². The van der Waals surface area contributed by atoms with Gasteiger partial charge in [-0.1, -0.05) is 17.3 Å². The molecule has 3 aromatic rings. The summed E-state index contributed by atoms with van der Waals surface area (Å²) in [6.45, 7) is 4.53. The number of hydrogen-bond donors (Lipinski definition) is 1. The number of fused-ring (bicyclic) bond motifs is 1. The Labute approximate surface area is 111 Å². The molecule has 5 heteroatoms. The van der Waals surface area contributed by atoms with Crippen LogP contribution in [0, 0.1) is 13.8 Å². The van der Waals surface area contributed by atoms with Crippen LogP contribution in [0.1, 0.15) is 17.0 Å². The second-order valence-electron chi connectivity index (χ2n) is 4.64. The third kappa shape index (κ3) is 1.97. The summed E-state index contributed by atoms with van der Waals surface area (Å²) in [5.74, 6) is 1.70. The third-order valence-electron chi connectivity index (χ3n) is 3.39. The molecular formula is C14H16N4O. The summed E-state index contributed by atoms with van der Waals surface area (Å²) in [5.41, 5.74) is 4.12. The maximum absolute atomic E-state index is 5.16. The third-order valence-corrected chi connectivity index (χ3v) is 3.39. The van der Waals surface area contributed by atoms with Crippen molar-refractivity contribution in [3.8, 4) is 0 Å². The monoisotopic (exact) mass is 256 g/mol. The van der Waals surface area contributed by atoms with Gasteiger partial charge in [-0.05, 0) is 26.0 Å². The van der Waals surface area contributed by atoms with Gasteiger partial charge < -0.3 is 14.4 Å². The van der Waals surface area contributed by atoms with E-state index in [1.165, 1.54) is 0 Å². The van der Waals surface area contributed by atoms with Crippen LogP contribution in [-0.2, 0) is 13.6 Å². The van der Waals surface area contributed by atoms with Crippen LogP contribution in [0.2, 0.25) is 0 Å². The van der Waals surface area contributed by atoms with Crippen LogP contribution < -0.4 is 5.32 Å². The molecule has 0 aliphatic heterocycles. The smallest absolute Gasteiger partial charge is 0.203 e. The van der Waals surface area contributed by atoms with E-state index < -0.39 is 0 Å². The van der Waals surface area contributed by atoms with Gasteiger partial charge in [0, 0.05) is 19.2 Å². The van der Waals surface area contributed by atoms with Crippen LogP contribution in [0.15, 0.2) is 28.8 Å². The first-order valence-electron chi connectivity index (χ1n) is 6.24. The Kier molecular flexibility index (Phi) is 2.74. The van der Waals surface area contributed by atoms with Crippen molar-refractivity contribution in [2.45, 2.75) is 20.4 Å². The predicted molar refractivity (Wildman–Crippen MR) is 74.0 cm³/mol. The highest BCUT2D eigenvalue weighted by molar-refractivity contribution is 5.78. The number of para-hydroxylation sites is 2. The second-order valence-corrected chi connectivity index (χ2v) is 4.64. The van der Waals surface area contributed by atoms with E-state index in [2.05, 4.69) is 21.5 Å². The number of nitrogens with zero attached hydrogens (tertiary/aromatic N) is 3. The highest BCUT2D eigenvalue weighted by atomic mass is 16.5. The fourth-order valence-corrected chi connectivity index (χ4v) is 2.23. The van der Waals surface area contributed by atoms with Crippen molar-refractivity contribution in [3.05, 3.63) is 41.3 Å². The molecule has 0 saturated heterocycles. The predicted octanol–water partition coefficient (Wildman–Crippen LogP) is 2.79. The topological polar surface area (TPSA) is 55.9 Å². The normalized spacial score (nSPS) is 11.1. The molecule has 3 rings (SSSR count). The minimum Gasteiger partial charge on any atom is -0.361 e. The van der Waals surface area contributed by atoms with Gasteiger partial charge in [0.1, 0.15) is 5.76 Å². The van der Waals surface area contributed by atoms with Gasteiger partial charge in [-0.2, -0.15) is 0 Å². The van der Waals surface area contributed by atoms with Crippen molar-refractivity contribution in [1.82, 2.24) is 14.7 Å². The Morgan fingerprint density at radius 1 is 1.26 bits per heavy atom. The van der Waals surface area contributed by atoms with E-state index in [1.54, 1.807) is 0 Å². The van der Waals surface area contributed by atoms with Crippen LogP contribution >= 0.6 is 0 Å². The fourth-order valence-electron chi connectivity index (χ4n) is 2.23. The molecule has 98 valence electrons. The lowest BCUT2D eigenvalue weighted by atomic mass is 10.2. The average Bonchev–Trinajstić information content (AvgIpc) is 2.90. The standard InChI is InChI=1S/C14H16N4O/c1-9-11(10(2)19-17-9)8-15-14-16-12-6-4-5-7-13(12)18(14)3/h4-7H,8H2,1-3H3,(H,15,16). The summed E-state index contributed by atoms with van der Waals surface area (Å²) >= 11 is 0. The maximum Gasteiger partial charge on any atom is 0.203 e. The van der Waals surface area contributed by atoms with Crippen molar-refractivity contribution < 1.29 is 4.52 Å². The number of aryl methyl sites for hydroxylation is 3. The van der Waals surface area contributed by atoms with Gasteiger partial charge in [0.05, 0.1) is 16.7 Å². The lowest BCUT2D eigenvalue weighted by molar-refractivity contribution is 0.392. The molecule has 1 aromatic carbocycles. The van der Waals surface area contributed by atoms with Crippen molar-refractivity contribution in [2.24, 2.45) is 7.05 Å². The molecule has 5 nitrogen and oxygen atoms in total. The largest absolute Gasteiger partial charge is 0.361 e. The summed E-state index contributed by atoms with van der Waals surface area (Å²) in [5, 5.41) is 7.29. The molecule has 0 unspecified atom stereocenters. The minimum atomic E-state index is 0.665. The molecule has 0 radical (unpaired) electrons. The zero-order valence-electron chi connectivity index (χ0n) is 11.3. The average molecular weight is 256 g/mol. The summed E-state index contributed by atoms with van der Waals surface area (Å²) < 4.78 is 7.20. The first-order chi connectivity index (χ1) is 9.16. The fraction of sp³-hybridized carbons (Fsp3) is 0.286. The van der Waals surface area contributed by atoms with E-state index >= 15 is 0 Å². The van der Waals surface area contributed by atoms with Gasteiger partial charge in [-0.25, -0.2) is 4.98 Å². The molecule has 0 atom stereocenters. The molecular weight excluding hydrogens is 240 g/mol. The van der Waals surface area contributed by atoms with E-state index in [9.17, 15) is 0 Å². The van der Waals surface area contributed by atoms with Crippen LogP contribution in [0.5, 0.6) is 0 Å². The lowest BCUT2D eigenvalue weighted by Gasteiger charge is -2.05. The van der Waals surface area contributed by atoms with E-state index in [0.717, 1.165) is 34.0 Å².